The Kier molecular flexibility index (Phi) is 2.92. The molecule has 0 aliphatic heterocycles. The van der Waals surface area contributed by atoms with E-state index in [2.05, 4.69) is 0 Å². The standard InChI is InChI=1S/C11H7ClO4/c12-6-11(14)16-9-5-10(13)15-8-4-2-1-3-7(8)9/h1-5H,6H2. The van der Waals surface area contributed by atoms with Gasteiger partial charge in [0.15, 0.2) is 0 Å². The van der Waals surface area contributed by atoms with E-state index in [0.29, 0.717) is 11.0 Å². The molecule has 5 heteroatoms. The number of esters is 1. The highest BCUT2D eigenvalue weighted by molar-refractivity contribution is 6.26. The summed E-state index contributed by atoms with van der Waals surface area (Å²) in [6.45, 7) is 0. The second kappa shape index (κ2) is 4.37. The van der Waals surface area contributed by atoms with Crippen LogP contribution in [-0.2, 0) is 4.79 Å². The molecule has 0 unspecified atom stereocenters. The van der Waals surface area contributed by atoms with E-state index >= 15 is 0 Å². The van der Waals surface area contributed by atoms with E-state index < -0.39 is 11.6 Å². The first kappa shape index (κ1) is 10.7. The van der Waals surface area contributed by atoms with Crippen molar-refractivity contribution in [1.29, 1.82) is 0 Å². The van der Waals surface area contributed by atoms with Crippen LogP contribution in [0.3, 0.4) is 0 Å². The molecule has 0 aliphatic rings. The molecule has 16 heavy (non-hydrogen) atoms. The highest BCUT2D eigenvalue weighted by atomic mass is 35.5. The Morgan fingerprint density at radius 2 is 2.12 bits per heavy atom. The van der Waals surface area contributed by atoms with Gasteiger partial charge in [-0.1, -0.05) is 12.1 Å². The third-order valence-corrected chi connectivity index (χ3v) is 2.16. The second-order valence-electron chi connectivity index (χ2n) is 3.03. The van der Waals surface area contributed by atoms with Gasteiger partial charge in [0.05, 0.1) is 11.5 Å². The summed E-state index contributed by atoms with van der Waals surface area (Å²) in [5, 5.41) is 0.556. The fourth-order valence-electron chi connectivity index (χ4n) is 1.32. The number of halogens is 1. The highest BCUT2D eigenvalue weighted by Crippen LogP contribution is 2.23. The van der Waals surface area contributed by atoms with E-state index in [4.69, 9.17) is 20.8 Å². The molecule has 0 fully saturated rings. The Morgan fingerprint density at radius 1 is 1.38 bits per heavy atom. The van der Waals surface area contributed by atoms with Crippen molar-refractivity contribution in [3.05, 3.63) is 40.8 Å². The summed E-state index contributed by atoms with van der Waals surface area (Å²) in [6, 6.07) is 7.90. The van der Waals surface area contributed by atoms with Crippen LogP contribution in [-0.4, -0.2) is 11.8 Å². The van der Waals surface area contributed by atoms with Crippen LogP contribution in [0.2, 0.25) is 0 Å². The van der Waals surface area contributed by atoms with Crippen LogP contribution in [0.1, 0.15) is 0 Å². The lowest BCUT2D eigenvalue weighted by Gasteiger charge is -2.04. The van der Waals surface area contributed by atoms with Crippen LogP contribution in [0.15, 0.2) is 39.5 Å². The van der Waals surface area contributed by atoms with Gasteiger partial charge in [-0.2, -0.15) is 0 Å². The minimum Gasteiger partial charge on any atom is -0.425 e. The van der Waals surface area contributed by atoms with Gasteiger partial charge in [-0.3, -0.25) is 4.79 Å². The molecule has 0 aliphatic carbocycles. The van der Waals surface area contributed by atoms with Crippen LogP contribution in [0.5, 0.6) is 5.75 Å². The maximum absolute atomic E-state index is 11.2. The number of carbonyl (C=O) groups excluding carboxylic acids is 1. The molecular formula is C11H7ClO4. The maximum Gasteiger partial charge on any atom is 0.339 e. The Bertz CT molecular complexity index is 588. The van der Waals surface area contributed by atoms with E-state index in [1.807, 2.05) is 0 Å². The molecule has 0 N–H and O–H groups in total. The number of fused-ring (bicyclic) bond motifs is 1. The molecule has 0 amide bonds. The Labute approximate surface area is 95.4 Å². The number of carbonyl (C=O) groups is 1. The van der Waals surface area contributed by atoms with Crippen molar-refractivity contribution in [3.8, 4) is 5.75 Å². The van der Waals surface area contributed by atoms with Gasteiger partial charge in [-0.15, -0.1) is 11.6 Å². The number of hydrogen-bond acceptors (Lipinski definition) is 4. The molecule has 0 saturated heterocycles. The Balaban J connectivity index is 2.59. The molecule has 1 aromatic heterocycles. The Morgan fingerprint density at radius 3 is 2.88 bits per heavy atom. The summed E-state index contributed by atoms with van der Waals surface area (Å²) in [7, 11) is 0. The molecule has 0 atom stereocenters. The first-order valence-electron chi connectivity index (χ1n) is 4.50. The first-order valence-corrected chi connectivity index (χ1v) is 5.03. The lowest BCUT2D eigenvalue weighted by atomic mass is 10.2. The lowest BCUT2D eigenvalue weighted by molar-refractivity contribution is -0.131. The Hall–Kier alpha value is -1.81. The predicted octanol–water partition coefficient (Wildman–Crippen LogP) is 1.94. The molecule has 0 spiro atoms. The number of hydrogen-bond donors (Lipinski definition) is 0. The first-order chi connectivity index (χ1) is 7.70. The van der Waals surface area contributed by atoms with Gasteiger partial charge < -0.3 is 9.15 Å². The van der Waals surface area contributed by atoms with Gasteiger partial charge in [0.2, 0.25) is 0 Å². The van der Waals surface area contributed by atoms with Crippen molar-refractivity contribution < 1.29 is 13.9 Å². The van der Waals surface area contributed by atoms with E-state index in [0.717, 1.165) is 6.07 Å². The maximum atomic E-state index is 11.2. The van der Waals surface area contributed by atoms with Gasteiger partial charge in [0.1, 0.15) is 17.2 Å². The van der Waals surface area contributed by atoms with Crippen LogP contribution >= 0.6 is 11.6 Å². The third-order valence-electron chi connectivity index (χ3n) is 1.94. The molecule has 2 rings (SSSR count). The van der Waals surface area contributed by atoms with Crippen molar-refractivity contribution in [3.63, 3.8) is 0 Å². The van der Waals surface area contributed by atoms with Gasteiger partial charge in [-0.05, 0) is 12.1 Å². The SMILES string of the molecule is O=C(CCl)Oc1cc(=O)oc2ccccc12. The summed E-state index contributed by atoms with van der Waals surface area (Å²) < 4.78 is 9.86. The van der Waals surface area contributed by atoms with Crippen molar-refractivity contribution in [2.75, 3.05) is 5.88 Å². The van der Waals surface area contributed by atoms with Gasteiger partial charge in [0.25, 0.3) is 0 Å². The number of alkyl halides is 1. The summed E-state index contributed by atoms with van der Waals surface area (Å²) in [5.41, 5.74) is -0.205. The summed E-state index contributed by atoms with van der Waals surface area (Å²) in [5.74, 6) is -0.718. The molecule has 4 nitrogen and oxygen atoms in total. The topological polar surface area (TPSA) is 56.5 Å². The third kappa shape index (κ3) is 2.06. The molecule has 0 bridgehead atoms. The second-order valence-corrected chi connectivity index (χ2v) is 3.30. The summed E-state index contributed by atoms with van der Waals surface area (Å²) >= 11 is 5.32. The quantitative estimate of drug-likeness (QED) is 0.456. The normalized spacial score (nSPS) is 10.3. The van der Waals surface area contributed by atoms with Gasteiger partial charge in [-0.25, -0.2) is 4.79 Å². The summed E-state index contributed by atoms with van der Waals surface area (Å²) in [4.78, 5) is 22.2. The van der Waals surface area contributed by atoms with E-state index in [1.54, 1.807) is 24.3 Å². The molecule has 2 aromatic rings. The monoisotopic (exact) mass is 238 g/mol. The van der Waals surface area contributed by atoms with E-state index in [-0.39, 0.29) is 11.6 Å². The van der Waals surface area contributed by atoms with Crippen LogP contribution in [0, 0.1) is 0 Å². The highest BCUT2D eigenvalue weighted by Gasteiger charge is 2.09. The molecule has 1 aromatic carbocycles. The predicted molar refractivity (Wildman–Crippen MR) is 58.8 cm³/mol. The number of rotatable bonds is 2. The van der Waals surface area contributed by atoms with Crippen LogP contribution in [0.4, 0.5) is 0 Å². The zero-order chi connectivity index (χ0) is 11.5. The van der Waals surface area contributed by atoms with Gasteiger partial charge in [0, 0.05) is 0 Å². The minimum absolute atomic E-state index is 0.164. The average Bonchev–Trinajstić information content (AvgIpc) is 2.28. The molecule has 0 radical (unpaired) electrons. The fourth-order valence-corrected chi connectivity index (χ4v) is 1.37. The van der Waals surface area contributed by atoms with Crippen molar-refractivity contribution >= 4 is 28.5 Å². The average molecular weight is 239 g/mol. The van der Waals surface area contributed by atoms with Crippen LogP contribution < -0.4 is 10.4 Å². The number of benzene rings is 1. The zero-order valence-corrected chi connectivity index (χ0v) is 8.86. The van der Waals surface area contributed by atoms with E-state index in [9.17, 15) is 9.59 Å². The molecule has 1 heterocycles. The van der Waals surface area contributed by atoms with Crippen molar-refractivity contribution in [2.24, 2.45) is 0 Å². The minimum atomic E-state index is -0.614. The van der Waals surface area contributed by atoms with Crippen molar-refractivity contribution in [1.82, 2.24) is 0 Å². The fraction of sp³-hybridized carbons (Fsp3) is 0.0909. The van der Waals surface area contributed by atoms with Crippen LogP contribution in [0.25, 0.3) is 11.0 Å². The molecule has 82 valence electrons. The van der Waals surface area contributed by atoms with E-state index in [1.165, 1.54) is 0 Å². The number of ether oxygens (including phenoxy) is 1. The molecule has 0 saturated carbocycles. The lowest BCUT2D eigenvalue weighted by Crippen LogP contribution is -2.11. The molecular weight excluding hydrogens is 232 g/mol. The largest absolute Gasteiger partial charge is 0.425 e. The smallest absolute Gasteiger partial charge is 0.339 e. The number of para-hydroxylation sites is 1. The zero-order valence-electron chi connectivity index (χ0n) is 8.10. The van der Waals surface area contributed by atoms with Gasteiger partial charge >= 0.3 is 11.6 Å². The van der Waals surface area contributed by atoms with Crippen molar-refractivity contribution in [2.45, 2.75) is 0 Å². The summed E-state index contributed by atoms with van der Waals surface area (Å²) in [6.07, 6.45) is 0.